The summed E-state index contributed by atoms with van der Waals surface area (Å²) in [5, 5.41) is 3.40. The van der Waals surface area contributed by atoms with E-state index in [4.69, 9.17) is 14.2 Å². The molecule has 0 aliphatic carbocycles. The van der Waals surface area contributed by atoms with Crippen LogP contribution >= 0.6 is 0 Å². The van der Waals surface area contributed by atoms with Crippen LogP contribution in [0.5, 0.6) is 0 Å². The summed E-state index contributed by atoms with van der Waals surface area (Å²) in [6, 6.07) is 0.583. The summed E-state index contributed by atoms with van der Waals surface area (Å²) in [6.45, 7) is 4.91. The van der Waals surface area contributed by atoms with Crippen LogP contribution in [-0.4, -0.2) is 52.7 Å². The van der Waals surface area contributed by atoms with Crippen molar-refractivity contribution in [2.75, 3.05) is 46.7 Å². The highest BCUT2D eigenvalue weighted by Crippen LogP contribution is 2.04. The third kappa shape index (κ3) is 6.84. The van der Waals surface area contributed by atoms with Crippen LogP contribution in [0, 0.1) is 0 Å². The molecule has 1 atom stereocenters. The Hall–Kier alpha value is -0.160. The third-order valence-electron chi connectivity index (χ3n) is 2.49. The number of hydrogen-bond acceptors (Lipinski definition) is 4. The van der Waals surface area contributed by atoms with Crippen molar-refractivity contribution in [3.8, 4) is 0 Å². The fourth-order valence-electron chi connectivity index (χ4n) is 1.63. The zero-order valence-electron chi connectivity index (χ0n) is 9.67. The molecule has 0 saturated carbocycles. The average molecular weight is 217 g/mol. The Labute approximate surface area is 92.3 Å². The number of ether oxygens (including phenoxy) is 3. The largest absolute Gasteiger partial charge is 0.382 e. The highest BCUT2D eigenvalue weighted by molar-refractivity contribution is 4.73. The molecule has 0 unspecified atom stereocenters. The van der Waals surface area contributed by atoms with Crippen molar-refractivity contribution in [1.29, 1.82) is 0 Å². The van der Waals surface area contributed by atoms with Gasteiger partial charge in [-0.25, -0.2) is 0 Å². The maximum Gasteiger partial charge on any atom is 0.0700 e. The van der Waals surface area contributed by atoms with Crippen molar-refractivity contribution in [1.82, 2.24) is 5.32 Å². The Bertz CT molecular complexity index is 138. The zero-order valence-corrected chi connectivity index (χ0v) is 9.67. The predicted molar refractivity (Wildman–Crippen MR) is 59.2 cm³/mol. The summed E-state index contributed by atoms with van der Waals surface area (Å²) in [5.41, 5.74) is 0. The first-order chi connectivity index (χ1) is 7.43. The van der Waals surface area contributed by atoms with Gasteiger partial charge in [0.1, 0.15) is 0 Å². The van der Waals surface area contributed by atoms with Crippen molar-refractivity contribution in [3.63, 3.8) is 0 Å². The highest BCUT2D eigenvalue weighted by atomic mass is 16.5. The van der Waals surface area contributed by atoms with Crippen molar-refractivity contribution in [3.05, 3.63) is 0 Å². The van der Waals surface area contributed by atoms with Crippen LogP contribution in [0.25, 0.3) is 0 Å². The average Bonchev–Trinajstić information content (AvgIpc) is 2.75. The Kier molecular flexibility index (Phi) is 7.83. The summed E-state index contributed by atoms with van der Waals surface area (Å²) < 4.78 is 15.7. The lowest BCUT2D eigenvalue weighted by atomic mass is 10.2. The van der Waals surface area contributed by atoms with Gasteiger partial charge >= 0.3 is 0 Å². The van der Waals surface area contributed by atoms with E-state index in [-0.39, 0.29) is 0 Å². The molecule has 1 aliphatic heterocycles. The monoisotopic (exact) mass is 217 g/mol. The molecule has 0 aromatic rings. The van der Waals surface area contributed by atoms with E-state index >= 15 is 0 Å². The van der Waals surface area contributed by atoms with E-state index in [1.54, 1.807) is 7.11 Å². The van der Waals surface area contributed by atoms with Crippen molar-refractivity contribution < 1.29 is 14.2 Å². The van der Waals surface area contributed by atoms with E-state index in [0.717, 1.165) is 32.8 Å². The second-order valence-electron chi connectivity index (χ2n) is 3.83. The molecule has 1 heterocycles. The second kappa shape index (κ2) is 9.09. The quantitative estimate of drug-likeness (QED) is 0.580. The number of rotatable bonds is 9. The van der Waals surface area contributed by atoms with E-state index in [0.29, 0.717) is 19.3 Å². The molecule has 1 rings (SSSR count). The molecule has 0 aromatic heterocycles. The van der Waals surface area contributed by atoms with Crippen LogP contribution in [-0.2, 0) is 14.2 Å². The van der Waals surface area contributed by atoms with Gasteiger partial charge in [0.05, 0.1) is 19.8 Å². The summed E-state index contributed by atoms with van der Waals surface area (Å²) in [4.78, 5) is 0. The molecule has 4 nitrogen and oxygen atoms in total. The SMILES string of the molecule is COCCOCCCOC[C@H]1CCCN1. The minimum Gasteiger partial charge on any atom is -0.382 e. The summed E-state index contributed by atoms with van der Waals surface area (Å²) in [5.74, 6) is 0. The minimum absolute atomic E-state index is 0.583. The van der Waals surface area contributed by atoms with Gasteiger partial charge in [0.2, 0.25) is 0 Å². The van der Waals surface area contributed by atoms with E-state index in [9.17, 15) is 0 Å². The van der Waals surface area contributed by atoms with E-state index in [1.807, 2.05) is 0 Å². The van der Waals surface area contributed by atoms with Gasteiger partial charge in [-0.2, -0.15) is 0 Å². The normalized spacial score (nSPS) is 21.0. The number of methoxy groups -OCH3 is 1. The molecule has 1 aliphatic rings. The molecule has 15 heavy (non-hydrogen) atoms. The molecule has 1 fully saturated rings. The molecule has 0 aromatic carbocycles. The van der Waals surface area contributed by atoms with Crippen molar-refractivity contribution >= 4 is 0 Å². The lowest BCUT2D eigenvalue weighted by molar-refractivity contribution is 0.0484. The first-order valence-corrected chi connectivity index (χ1v) is 5.81. The molecule has 1 saturated heterocycles. The summed E-state index contributed by atoms with van der Waals surface area (Å²) in [6.07, 6.45) is 3.51. The number of nitrogens with one attached hydrogen (secondary N) is 1. The van der Waals surface area contributed by atoms with E-state index < -0.39 is 0 Å². The first-order valence-electron chi connectivity index (χ1n) is 5.81. The molecule has 0 amide bonds. The lowest BCUT2D eigenvalue weighted by Gasteiger charge is -2.10. The first kappa shape index (κ1) is 12.9. The molecule has 90 valence electrons. The van der Waals surface area contributed by atoms with Gasteiger partial charge in [-0.15, -0.1) is 0 Å². The number of hydrogen-bond donors (Lipinski definition) is 1. The predicted octanol–water partition coefficient (Wildman–Crippen LogP) is 0.808. The molecule has 4 heteroatoms. The fraction of sp³-hybridized carbons (Fsp3) is 1.00. The van der Waals surface area contributed by atoms with Crippen LogP contribution in [0.1, 0.15) is 19.3 Å². The molecule has 1 N–H and O–H groups in total. The van der Waals surface area contributed by atoms with Crippen LogP contribution in [0.3, 0.4) is 0 Å². The summed E-state index contributed by atoms with van der Waals surface area (Å²) >= 11 is 0. The van der Waals surface area contributed by atoms with Crippen LogP contribution < -0.4 is 5.32 Å². The van der Waals surface area contributed by atoms with Crippen molar-refractivity contribution in [2.45, 2.75) is 25.3 Å². The van der Waals surface area contributed by atoms with Gasteiger partial charge < -0.3 is 19.5 Å². The third-order valence-corrected chi connectivity index (χ3v) is 2.49. The van der Waals surface area contributed by atoms with Gasteiger partial charge in [0.15, 0.2) is 0 Å². The maximum atomic E-state index is 5.55. The minimum atomic E-state index is 0.583. The topological polar surface area (TPSA) is 39.7 Å². The van der Waals surface area contributed by atoms with E-state index in [2.05, 4.69) is 5.32 Å². The molecular formula is C11H23NO3. The Balaban J connectivity index is 1.73. The molecule has 0 bridgehead atoms. The van der Waals surface area contributed by atoms with Crippen LogP contribution in [0.2, 0.25) is 0 Å². The van der Waals surface area contributed by atoms with Gasteiger partial charge in [-0.05, 0) is 25.8 Å². The lowest BCUT2D eigenvalue weighted by Crippen LogP contribution is -2.27. The highest BCUT2D eigenvalue weighted by Gasteiger charge is 2.13. The standard InChI is InChI=1S/C11H23NO3/c1-13-8-9-14-6-3-7-15-10-11-4-2-5-12-11/h11-12H,2-10H2,1H3/t11-/m1/s1. The molecule has 0 radical (unpaired) electrons. The van der Waals surface area contributed by atoms with Gasteiger partial charge in [0.25, 0.3) is 0 Å². The Morgan fingerprint density at radius 3 is 2.73 bits per heavy atom. The Morgan fingerprint density at radius 1 is 1.13 bits per heavy atom. The smallest absolute Gasteiger partial charge is 0.0700 e. The van der Waals surface area contributed by atoms with E-state index in [1.165, 1.54) is 12.8 Å². The molecule has 0 spiro atoms. The van der Waals surface area contributed by atoms with Crippen LogP contribution in [0.15, 0.2) is 0 Å². The maximum absolute atomic E-state index is 5.55. The van der Waals surface area contributed by atoms with Gasteiger partial charge in [-0.1, -0.05) is 0 Å². The zero-order chi connectivity index (χ0) is 10.8. The summed E-state index contributed by atoms with van der Waals surface area (Å²) in [7, 11) is 1.68. The Morgan fingerprint density at radius 2 is 2.00 bits per heavy atom. The van der Waals surface area contributed by atoms with Gasteiger partial charge in [0, 0.05) is 26.4 Å². The molecular weight excluding hydrogens is 194 g/mol. The van der Waals surface area contributed by atoms with Crippen LogP contribution in [0.4, 0.5) is 0 Å². The second-order valence-corrected chi connectivity index (χ2v) is 3.83. The fourth-order valence-corrected chi connectivity index (χ4v) is 1.63. The van der Waals surface area contributed by atoms with Gasteiger partial charge in [-0.3, -0.25) is 0 Å². The van der Waals surface area contributed by atoms with Crippen molar-refractivity contribution in [2.24, 2.45) is 0 Å².